The van der Waals surface area contributed by atoms with E-state index in [0.717, 1.165) is 0 Å². The van der Waals surface area contributed by atoms with Gasteiger partial charge in [0.1, 0.15) is 0 Å². The predicted octanol–water partition coefficient (Wildman–Crippen LogP) is 1.54. The molecule has 0 aromatic rings. The lowest BCUT2D eigenvalue weighted by atomic mass is 10.1. The van der Waals surface area contributed by atoms with Crippen LogP contribution in [0.5, 0.6) is 0 Å². The molecule has 0 saturated heterocycles. The van der Waals surface area contributed by atoms with Crippen LogP contribution in [-0.4, -0.2) is 35.9 Å². The van der Waals surface area contributed by atoms with Gasteiger partial charge in [0, 0.05) is 12.1 Å². The van der Waals surface area contributed by atoms with Gasteiger partial charge in [0.25, 0.3) is 0 Å². The van der Waals surface area contributed by atoms with Gasteiger partial charge in [-0.05, 0) is 24.9 Å². The molecule has 1 amide bonds. The average Bonchev–Trinajstić information content (AvgIpc) is 2.18. The van der Waals surface area contributed by atoms with E-state index >= 15 is 0 Å². The molecule has 78 valence electrons. The van der Waals surface area contributed by atoms with E-state index in [9.17, 15) is 9.59 Å². The summed E-state index contributed by atoms with van der Waals surface area (Å²) in [6, 6.07) is 0. The van der Waals surface area contributed by atoms with Gasteiger partial charge in [0.2, 0.25) is 5.24 Å². The summed E-state index contributed by atoms with van der Waals surface area (Å²) in [5, 5.41) is -0.501. The zero-order chi connectivity index (χ0) is 10.6. The van der Waals surface area contributed by atoms with Crippen LogP contribution in [0.4, 0.5) is 4.79 Å². The van der Waals surface area contributed by atoms with Crippen molar-refractivity contribution in [2.24, 2.45) is 0 Å². The normalized spacial score (nSPS) is 16.1. The van der Waals surface area contributed by atoms with Gasteiger partial charge in [0.05, 0.1) is 13.2 Å². The van der Waals surface area contributed by atoms with Gasteiger partial charge in [-0.2, -0.15) is 0 Å². The van der Waals surface area contributed by atoms with Crippen molar-refractivity contribution in [2.45, 2.75) is 13.3 Å². The van der Waals surface area contributed by atoms with Gasteiger partial charge in [-0.3, -0.25) is 4.79 Å². The third-order valence-electron chi connectivity index (χ3n) is 1.93. The number of amides is 1. The maximum Gasteiger partial charge on any atom is 0.410 e. The van der Waals surface area contributed by atoms with Crippen LogP contribution in [0.1, 0.15) is 13.3 Å². The van der Waals surface area contributed by atoms with Crippen LogP contribution in [0.2, 0.25) is 0 Å². The second-order valence-electron chi connectivity index (χ2n) is 2.91. The second kappa shape index (κ2) is 5.00. The van der Waals surface area contributed by atoms with Gasteiger partial charge < -0.3 is 9.64 Å². The summed E-state index contributed by atoms with van der Waals surface area (Å²) in [6.45, 7) is 2.90. The predicted molar refractivity (Wildman–Crippen MR) is 52.2 cm³/mol. The number of carbonyl (C=O) groups is 2. The molecule has 1 aliphatic rings. The van der Waals surface area contributed by atoms with Crippen molar-refractivity contribution < 1.29 is 14.3 Å². The first-order valence-electron chi connectivity index (χ1n) is 4.45. The standard InChI is InChI=1S/C9H12ClNO3/c1-2-14-9(13)11-5-3-4-7(6-11)8(10)12/h4H,2-3,5-6H2,1H3. The molecule has 0 bridgehead atoms. The van der Waals surface area contributed by atoms with E-state index in [1.807, 2.05) is 0 Å². The summed E-state index contributed by atoms with van der Waals surface area (Å²) < 4.78 is 4.81. The smallest absolute Gasteiger partial charge is 0.410 e. The Kier molecular flexibility index (Phi) is 3.95. The summed E-state index contributed by atoms with van der Waals surface area (Å²) in [6.07, 6.45) is 2.01. The molecule has 4 nitrogen and oxygen atoms in total. The summed E-state index contributed by atoms with van der Waals surface area (Å²) in [5.74, 6) is 0. The van der Waals surface area contributed by atoms with Crippen molar-refractivity contribution in [1.29, 1.82) is 0 Å². The highest BCUT2D eigenvalue weighted by Gasteiger charge is 2.21. The van der Waals surface area contributed by atoms with Crippen molar-refractivity contribution in [3.8, 4) is 0 Å². The van der Waals surface area contributed by atoms with Crippen molar-refractivity contribution in [3.63, 3.8) is 0 Å². The zero-order valence-electron chi connectivity index (χ0n) is 7.96. The maximum absolute atomic E-state index is 11.3. The number of hydrogen-bond acceptors (Lipinski definition) is 3. The lowest BCUT2D eigenvalue weighted by molar-refractivity contribution is -0.108. The van der Waals surface area contributed by atoms with E-state index in [1.165, 1.54) is 4.90 Å². The fourth-order valence-electron chi connectivity index (χ4n) is 1.26. The summed E-state index contributed by atoms with van der Waals surface area (Å²) >= 11 is 5.32. The maximum atomic E-state index is 11.3. The molecule has 0 aliphatic carbocycles. The molecule has 0 saturated carbocycles. The van der Waals surface area contributed by atoms with Gasteiger partial charge in [-0.1, -0.05) is 6.08 Å². The third-order valence-corrected chi connectivity index (χ3v) is 2.17. The molecule has 0 radical (unpaired) electrons. The number of halogens is 1. The number of rotatable bonds is 2. The fraction of sp³-hybridized carbons (Fsp3) is 0.556. The Hall–Kier alpha value is -1.03. The second-order valence-corrected chi connectivity index (χ2v) is 3.26. The molecule has 1 heterocycles. The quantitative estimate of drug-likeness (QED) is 0.660. The number of ether oxygens (including phenoxy) is 1. The Labute approximate surface area is 87.5 Å². The van der Waals surface area contributed by atoms with E-state index in [1.54, 1.807) is 13.0 Å². The first-order valence-corrected chi connectivity index (χ1v) is 4.83. The SMILES string of the molecule is CCOC(=O)N1CCC=C(C(=O)Cl)C1. The molecule has 0 unspecified atom stereocenters. The third kappa shape index (κ3) is 2.73. The highest BCUT2D eigenvalue weighted by Crippen LogP contribution is 2.12. The van der Waals surface area contributed by atoms with Crippen molar-refractivity contribution >= 4 is 22.9 Å². The van der Waals surface area contributed by atoms with Crippen LogP contribution < -0.4 is 0 Å². The van der Waals surface area contributed by atoms with Crippen LogP contribution in [0.25, 0.3) is 0 Å². The molecule has 1 aliphatic heterocycles. The Balaban J connectivity index is 2.56. The first kappa shape index (κ1) is 11.0. The average molecular weight is 218 g/mol. The molecule has 14 heavy (non-hydrogen) atoms. The minimum Gasteiger partial charge on any atom is -0.450 e. The van der Waals surface area contributed by atoms with E-state index in [-0.39, 0.29) is 6.54 Å². The fourth-order valence-corrected chi connectivity index (χ4v) is 1.39. The van der Waals surface area contributed by atoms with Gasteiger partial charge in [-0.25, -0.2) is 4.79 Å². The van der Waals surface area contributed by atoms with Crippen LogP contribution in [-0.2, 0) is 9.53 Å². The molecular weight excluding hydrogens is 206 g/mol. The summed E-state index contributed by atoms with van der Waals surface area (Å²) in [4.78, 5) is 23.6. The zero-order valence-corrected chi connectivity index (χ0v) is 8.71. The number of nitrogens with zero attached hydrogens (tertiary/aromatic N) is 1. The van der Waals surface area contributed by atoms with Crippen molar-refractivity contribution in [1.82, 2.24) is 4.90 Å². The minimum absolute atomic E-state index is 0.251. The van der Waals surface area contributed by atoms with E-state index in [4.69, 9.17) is 16.3 Å². The van der Waals surface area contributed by atoms with Crippen LogP contribution >= 0.6 is 11.6 Å². The Morgan fingerprint density at radius 2 is 2.36 bits per heavy atom. The minimum atomic E-state index is -0.501. The van der Waals surface area contributed by atoms with Crippen molar-refractivity contribution in [3.05, 3.63) is 11.6 Å². The molecule has 0 atom stereocenters. The molecule has 0 N–H and O–H groups in total. The highest BCUT2D eigenvalue weighted by atomic mass is 35.5. The Morgan fingerprint density at radius 1 is 1.64 bits per heavy atom. The molecule has 0 spiro atoms. The van der Waals surface area contributed by atoms with Gasteiger partial charge in [-0.15, -0.1) is 0 Å². The molecule has 1 rings (SSSR count). The highest BCUT2D eigenvalue weighted by molar-refractivity contribution is 6.67. The molecule has 5 heteroatoms. The molecule has 0 aromatic heterocycles. The summed E-state index contributed by atoms with van der Waals surface area (Å²) in [7, 11) is 0. The number of carbonyl (C=O) groups excluding carboxylic acids is 2. The van der Waals surface area contributed by atoms with E-state index in [0.29, 0.717) is 25.1 Å². The lowest BCUT2D eigenvalue weighted by Gasteiger charge is -2.24. The van der Waals surface area contributed by atoms with Crippen LogP contribution in [0, 0.1) is 0 Å². The topological polar surface area (TPSA) is 46.6 Å². The largest absolute Gasteiger partial charge is 0.450 e. The van der Waals surface area contributed by atoms with Crippen LogP contribution in [0.3, 0.4) is 0 Å². The molecule has 0 aromatic carbocycles. The van der Waals surface area contributed by atoms with Crippen molar-refractivity contribution in [2.75, 3.05) is 19.7 Å². The Morgan fingerprint density at radius 3 is 2.93 bits per heavy atom. The molecular formula is C9H12ClNO3. The van der Waals surface area contributed by atoms with Gasteiger partial charge >= 0.3 is 6.09 Å². The van der Waals surface area contributed by atoms with Gasteiger partial charge in [0.15, 0.2) is 0 Å². The Bertz CT molecular complexity index is 275. The van der Waals surface area contributed by atoms with E-state index < -0.39 is 11.3 Å². The monoisotopic (exact) mass is 217 g/mol. The van der Waals surface area contributed by atoms with Crippen LogP contribution in [0.15, 0.2) is 11.6 Å². The van der Waals surface area contributed by atoms with E-state index in [2.05, 4.69) is 0 Å². The lowest BCUT2D eigenvalue weighted by Crippen LogP contribution is -2.37. The number of hydrogen-bond donors (Lipinski definition) is 0. The summed E-state index contributed by atoms with van der Waals surface area (Å²) in [5.41, 5.74) is 0.464. The first-order chi connectivity index (χ1) is 6.65. The molecule has 0 fully saturated rings.